The standard InChI is InChI=1S/C18H29NO/c1-14(2)20-18-10-5-4-9-17(18)13-19-12-16-8-6-7-15(3)11-16/h4-5,9-10,14-16,19H,6-8,11-13H2,1-3H3. The number of ether oxygens (including phenoxy) is 1. The van der Waals surface area contributed by atoms with E-state index >= 15 is 0 Å². The molecule has 2 heteroatoms. The fraction of sp³-hybridized carbons (Fsp3) is 0.667. The zero-order valence-corrected chi connectivity index (χ0v) is 13.2. The summed E-state index contributed by atoms with van der Waals surface area (Å²) in [6, 6.07) is 8.37. The Bertz CT molecular complexity index is 402. The molecule has 1 N–H and O–H groups in total. The van der Waals surface area contributed by atoms with Gasteiger partial charge in [0.25, 0.3) is 0 Å². The molecule has 0 saturated heterocycles. The van der Waals surface area contributed by atoms with Crippen LogP contribution in [0.2, 0.25) is 0 Å². The minimum atomic E-state index is 0.232. The normalized spacial score (nSPS) is 23.0. The lowest BCUT2D eigenvalue weighted by Crippen LogP contribution is -2.26. The maximum atomic E-state index is 5.86. The van der Waals surface area contributed by atoms with Gasteiger partial charge in [-0.15, -0.1) is 0 Å². The van der Waals surface area contributed by atoms with Crippen LogP contribution in [0, 0.1) is 11.8 Å². The van der Waals surface area contributed by atoms with Crippen LogP contribution in [0.5, 0.6) is 5.75 Å². The Kier molecular flexibility index (Phi) is 5.90. The van der Waals surface area contributed by atoms with E-state index in [-0.39, 0.29) is 6.10 Å². The summed E-state index contributed by atoms with van der Waals surface area (Å²) in [6.45, 7) is 8.59. The first-order chi connectivity index (χ1) is 9.65. The van der Waals surface area contributed by atoms with Crippen molar-refractivity contribution in [2.75, 3.05) is 6.54 Å². The first kappa shape index (κ1) is 15.4. The van der Waals surface area contributed by atoms with Crippen molar-refractivity contribution in [2.45, 2.75) is 59.1 Å². The Hall–Kier alpha value is -1.02. The molecule has 112 valence electrons. The zero-order valence-electron chi connectivity index (χ0n) is 13.2. The van der Waals surface area contributed by atoms with Crippen molar-refractivity contribution in [1.29, 1.82) is 0 Å². The summed E-state index contributed by atoms with van der Waals surface area (Å²) in [5.74, 6) is 2.79. The van der Waals surface area contributed by atoms with Crippen LogP contribution in [0.25, 0.3) is 0 Å². The molecule has 1 saturated carbocycles. The van der Waals surface area contributed by atoms with Crippen molar-refractivity contribution in [3.8, 4) is 5.75 Å². The Morgan fingerprint density at radius 2 is 2.05 bits per heavy atom. The summed E-state index contributed by atoms with van der Waals surface area (Å²) < 4.78 is 5.86. The first-order valence-corrected chi connectivity index (χ1v) is 8.10. The monoisotopic (exact) mass is 275 g/mol. The number of rotatable bonds is 6. The smallest absolute Gasteiger partial charge is 0.124 e. The van der Waals surface area contributed by atoms with Crippen LogP contribution in [0.4, 0.5) is 0 Å². The summed E-state index contributed by atoms with van der Waals surface area (Å²) in [5.41, 5.74) is 1.27. The van der Waals surface area contributed by atoms with Crippen LogP contribution >= 0.6 is 0 Å². The Morgan fingerprint density at radius 1 is 1.25 bits per heavy atom. The molecule has 0 amide bonds. The molecule has 0 spiro atoms. The van der Waals surface area contributed by atoms with Crippen molar-refractivity contribution in [3.63, 3.8) is 0 Å². The summed E-state index contributed by atoms with van der Waals surface area (Å²) in [6.07, 6.45) is 5.83. The summed E-state index contributed by atoms with van der Waals surface area (Å²) in [4.78, 5) is 0. The Labute approximate surface area is 123 Å². The van der Waals surface area contributed by atoms with Gasteiger partial charge in [0.2, 0.25) is 0 Å². The number of benzene rings is 1. The van der Waals surface area contributed by atoms with E-state index in [4.69, 9.17) is 4.74 Å². The van der Waals surface area contributed by atoms with Crippen LogP contribution in [0.1, 0.15) is 52.0 Å². The molecule has 1 fully saturated rings. The topological polar surface area (TPSA) is 21.3 Å². The van der Waals surface area contributed by atoms with E-state index in [1.165, 1.54) is 31.2 Å². The molecule has 1 aliphatic rings. The van der Waals surface area contributed by atoms with Gasteiger partial charge < -0.3 is 10.1 Å². The first-order valence-electron chi connectivity index (χ1n) is 8.10. The average Bonchev–Trinajstić information content (AvgIpc) is 2.40. The van der Waals surface area contributed by atoms with E-state index in [0.29, 0.717) is 0 Å². The SMILES string of the molecule is CC1CCCC(CNCc2ccccc2OC(C)C)C1. The summed E-state index contributed by atoms with van der Waals surface area (Å²) in [5, 5.41) is 3.63. The van der Waals surface area contributed by atoms with Crippen molar-refractivity contribution in [3.05, 3.63) is 29.8 Å². The lowest BCUT2D eigenvalue weighted by Gasteiger charge is -2.27. The number of hydrogen-bond acceptors (Lipinski definition) is 2. The second-order valence-corrected chi connectivity index (χ2v) is 6.54. The maximum Gasteiger partial charge on any atom is 0.124 e. The largest absolute Gasteiger partial charge is 0.491 e. The highest BCUT2D eigenvalue weighted by Gasteiger charge is 2.18. The van der Waals surface area contributed by atoms with Crippen LogP contribution in [-0.4, -0.2) is 12.6 Å². The molecule has 1 aromatic rings. The molecule has 0 aliphatic heterocycles. The van der Waals surface area contributed by atoms with Crippen LogP contribution in [0.15, 0.2) is 24.3 Å². The van der Waals surface area contributed by atoms with Gasteiger partial charge in [0, 0.05) is 12.1 Å². The third-order valence-corrected chi connectivity index (χ3v) is 4.13. The van der Waals surface area contributed by atoms with Crippen molar-refractivity contribution < 1.29 is 4.74 Å². The van der Waals surface area contributed by atoms with E-state index in [2.05, 4.69) is 44.3 Å². The maximum absolute atomic E-state index is 5.86. The molecule has 2 atom stereocenters. The molecule has 0 radical (unpaired) electrons. The van der Waals surface area contributed by atoms with E-state index < -0.39 is 0 Å². The second kappa shape index (κ2) is 7.68. The molecule has 0 heterocycles. The van der Waals surface area contributed by atoms with Gasteiger partial charge in [0.15, 0.2) is 0 Å². The van der Waals surface area contributed by atoms with Crippen molar-refractivity contribution >= 4 is 0 Å². The van der Waals surface area contributed by atoms with E-state index in [1.54, 1.807) is 0 Å². The van der Waals surface area contributed by atoms with E-state index in [1.807, 2.05) is 6.07 Å². The van der Waals surface area contributed by atoms with Gasteiger partial charge in [-0.3, -0.25) is 0 Å². The lowest BCUT2D eigenvalue weighted by atomic mass is 9.82. The van der Waals surface area contributed by atoms with Gasteiger partial charge in [-0.05, 0) is 51.1 Å². The van der Waals surface area contributed by atoms with Gasteiger partial charge in [0.1, 0.15) is 5.75 Å². The highest BCUT2D eigenvalue weighted by molar-refractivity contribution is 5.33. The zero-order chi connectivity index (χ0) is 14.4. The minimum absolute atomic E-state index is 0.232. The van der Waals surface area contributed by atoms with Gasteiger partial charge >= 0.3 is 0 Å². The highest BCUT2D eigenvalue weighted by atomic mass is 16.5. The van der Waals surface area contributed by atoms with Crippen molar-refractivity contribution in [1.82, 2.24) is 5.32 Å². The second-order valence-electron chi connectivity index (χ2n) is 6.54. The molecule has 0 bridgehead atoms. The third kappa shape index (κ3) is 4.82. The van der Waals surface area contributed by atoms with Gasteiger partial charge in [-0.25, -0.2) is 0 Å². The third-order valence-electron chi connectivity index (χ3n) is 4.13. The molecule has 1 aromatic carbocycles. The molecule has 2 nitrogen and oxygen atoms in total. The molecule has 2 rings (SSSR count). The predicted octanol–water partition coefficient (Wildman–Crippen LogP) is 4.39. The highest BCUT2D eigenvalue weighted by Crippen LogP contribution is 2.28. The van der Waals surface area contributed by atoms with Gasteiger partial charge in [0.05, 0.1) is 6.10 Å². The Balaban J connectivity index is 1.81. The average molecular weight is 275 g/mol. The fourth-order valence-corrected chi connectivity index (χ4v) is 3.17. The molecule has 0 aromatic heterocycles. The van der Waals surface area contributed by atoms with Crippen LogP contribution < -0.4 is 10.1 Å². The minimum Gasteiger partial charge on any atom is -0.491 e. The molecule has 1 aliphatic carbocycles. The Morgan fingerprint density at radius 3 is 2.80 bits per heavy atom. The number of nitrogens with one attached hydrogen (secondary N) is 1. The summed E-state index contributed by atoms with van der Waals surface area (Å²) >= 11 is 0. The van der Waals surface area contributed by atoms with Gasteiger partial charge in [-0.2, -0.15) is 0 Å². The van der Waals surface area contributed by atoms with Crippen molar-refractivity contribution in [2.24, 2.45) is 11.8 Å². The quantitative estimate of drug-likeness (QED) is 0.831. The van der Waals surface area contributed by atoms with Gasteiger partial charge in [-0.1, -0.05) is 38.0 Å². The molecular weight excluding hydrogens is 246 g/mol. The lowest BCUT2D eigenvalue weighted by molar-refractivity contribution is 0.238. The predicted molar refractivity (Wildman–Crippen MR) is 85.0 cm³/mol. The van der Waals surface area contributed by atoms with Crippen LogP contribution in [-0.2, 0) is 6.54 Å². The molecule has 2 unspecified atom stereocenters. The number of para-hydroxylation sites is 1. The fourth-order valence-electron chi connectivity index (χ4n) is 3.17. The molecular formula is C18H29NO. The van der Waals surface area contributed by atoms with Crippen LogP contribution in [0.3, 0.4) is 0 Å². The van der Waals surface area contributed by atoms with E-state index in [0.717, 1.165) is 30.7 Å². The molecule has 20 heavy (non-hydrogen) atoms. The summed E-state index contributed by atoms with van der Waals surface area (Å²) in [7, 11) is 0. The number of hydrogen-bond donors (Lipinski definition) is 1. The van der Waals surface area contributed by atoms with E-state index in [9.17, 15) is 0 Å².